The molecule has 2 aliphatic carbocycles. The molecule has 0 amide bonds. The number of carbonyl (C=O) groups excluding carboxylic acids is 1. The summed E-state index contributed by atoms with van der Waals surface area (Å²) < 4.78 is 0. The molecular weight excluding hydrogens is 855 g/mol. The number of fused-ring (bicyclic) bond motifs is 10. The van der Waals surface area contributed by atoms with E-state index in [9.17, 15) is 0 Å². The molecule has 4 heterocycles. The first-order valence-electron chi connectivity index (χ1n) is 10.7. The van der Waals surface area contributed by atoms with Gasteiger partial charge in [-0.05, 0) is 19.9 Å². The van der Waals surface area contributed by atoms with Gasteiger partial charge in [0.1, 0.15) is 0 Å². The monoisotopic (exact) mass is 884 g/mol. The van der Waals surface area contributed by atoms with E-state index in [1.807, 2.05) is 12.4 Å². The van der Waals surface area contributed by atoms with Crippen molar-refractivity contribution in [2.45, 2.75) is 36.5 Å². The maximum atomic E-state index is 8.64. The van der Waals surface area contributed by atoms with E-state index in [0.29, 0.717) is 36.9 Å². The first-order valence-corrected chi connectivity index (χ1v) is 23.2. The number of halogens is 3. The van der Waals surface area contributed by atoms with Gasteiger partial charge in [0.2, 0.25) is 0 Å². The van der Waals surface area contributed by atoms with E-state index in [4.69, 9.17) is 15.2 Å². The molecule has 2 aliphatic heterocycles. The summed E-state index contributed by atoms with van der Waals surface area (Å²) in [4.78, 5) is 31.3. The van der Waals surface area contributed by atoms with E-state index in [1.165, 1.54) is 35.6 Å². The average Bonchev–Trinajstić information content (AvgIpc) is 3.30. The SMILES string of the molecule is CN1CC2C[C@H](C1)c1nccnc12.CO.I[I-]I.O=CO[O-].[Na+].[V].c1cnc2c(n1)C1CNC[C@@H]2C1. The predicted octanol–water partition coefficient (Wildman–Crippen LogP) is -4.54. The normalized spacial score (nSPS) is 23.4. The Labute approximate surface area is 276 Å². The molecule has 2 fully saturated rings. The number of piperidine rings is 2. The Bertz CT molecular complexity index is 833. The maximum absolute atomic E-state index is 8.64. The minimum Gasteiger partial charge on any atom is -0.662 e. The molecule has 1 radical (unpaired) electrons. The fourth-order valence-corrected chi connectivity index (χ4v) is 5.05. The molecule has 2 N–H and O–H groups in total. The molecule has 4 aliphatic rings. The summed E-state index contributed by atoms with van der Waals surface area (Å²) in [7, 11) is 3.19. The van der Waals surface area contributed by atoms with Crippen molar-refractivity contribution in [2.75, 3.05) is 40.3 Å². The van der Waals surface area contributed by atoms with Crippen LogP contribution in [0.3, 0.4) is 0 Å². The van der Waals surface area contributed by atoms with Crippen molar-refractivity contribution in [2.24, 2.45) is 0 Å². The van der Waals surface area contributed by atoms with Crippen molar-refractivity contribution in [1.29, 1.82) is 0 Å². The summed E-state index contributed by atoms with van der Waals surface area (Å²) in [5.41, 5.74) is 5.01. The van der Waals surface area contributed by atoms with Crippen molar-refractivity contribution in [3.8, 4) is 0 Å². The van der Waals surface area contributed by atoms with E-state index in [0.717, 1.165) is 33.3 Å². The van der Waals surface area contributed by atoms with Gasteiger partial charge in [0.05, 0.1) is 22.8 Å². The van der Waals surface area contributed by atoms with Gasteiger partial charge in [-0.3, -0.25) is 24.7 Å². The number of aromatic nitrogens is 4. The van der Waals surface area contributed by atoms with Crippen molar-refractivity contribution >= 4 is 43.7 Å². The molecule has 0 spiro atoms. The van der Waals surface area contributed by atoms with Gasteiger partial charge >= 0.3 is 80.0 Å². The molecule has 6 rings (SSSR count). The van der Waals surface area contributed by atoms with Crippen LogP contribution in [0.15, 0.2) is 24.8 Å². The molecule has 4 atom stereocenters. The van der Waals surface area contributed by atoms with Gasteiger partial charge in [0.25, 0.3) is 6.47 Å². The van der Waals surface area contributed by atoms with Crippen LogP contribution in [0.2, 0.25) is 0 Å². The molecule has 2 saturated heterocycles. The minimum absolute atomic E-state index is 0. The van der Waals surface area contributed by atoms with Crippen LogP contribution >= 0.6 is 37.2 Å². The van der Waals surface area contributed by atoms with Gasteiger partial charge < -0.3 is 25.5 Å². The van der Waals surface area contributed by atoms with Crippen molar-refractivity contribution < 1.29 is 81.4 Å². The molecular formula is C21H29I3N6NaO4V-. The molecule has 36 heavy (non-hydrogen) atoms. The number of likely N-dealkylation sites (N-methyl/N-ethyl adjacent to an activating group) is 1. The van der Waals surface area contributed by atoms with Gasteiger partial charge in [0, 0.05) is 100 Å². The largest absolute Gasteiger partial charge is 1.00 e. The molecule has 2 unspecified atom stereocenters. The van der Waals surface area contributed by atoms with Crippen LogP contribution in [-0.2, 0) is 28.2 Å². The zero-order valence-corrected chi connectivity index (χ0v) is 30.3. The van der Waals surface area contributed by atoms with Crippen LogP contribution in [0.25, 0.3) is 0 Å². The number of carbonyl (C=O) groups is 1. The Morgan fingerprint density at radius 3 is 1.58 bits per heavy atom. The molecule has 0 aromatic carbocycles. The van der Waals surface area contributed by atoms with E-state index in [2.05, 4.69) is 79.3 Å². The van der Waals surface area contributed by atoms with Crippen LogP contribution in [0.4, 0.5) is 0 Å². The van der Waals surface area contributed by atoms with Crippen LogP contribution in [0.5, 0.6) is 0 Å². The van der Waals surface area contributed by atoms with E-state index in [-0.39, 0.29) is 54.6 Å². The van der Waals surface area contributed by atoms with Crippen LogP contribution < -0.4 is 53.4 Å². The van der Waals surface area contributed by atoms with Crippen molar-refractivity contribution in [3.05, 3.63) is 47.6 Å². The summed E-state index contributed by atoms with van der Waals surface area (Å²) in [6, 6.07) is 0. The van der Waals surface area contributed by atoms with Gasteiger partial charge in [-0.25, -0.2) is 0 Å². The maximum Gasteiger partial charge on any atom is 1.00 e. The number of aliphatic hydroxyl groups excluding tert-OH is 1. The van der Waals surface area contributed by atoms with Crippen molar-refractivity contribution in [3.63, 3.8) is 0 Å². The van der Waals surface area contributed by atoms with Crippen molar-refractivity contribution in [1.82, 2.24) is 30.2 Å². The van der Waals surface area contributed by atoms with Crippen LogP contribution in [0.1, 0.15) is 59.3 Å². The zero-order chi connectivity index (χ0) is 24.9. The number of aliphatic hydroxyl groups is 1. The fourth-order valence-electron chi connectivity index (χ4n) is 5.05. The van der Waals surface area contributed by atoms with Crippen LogP contribution in [-0.4, -0.2) is 76.8 Å². The fraction of sp³-hybridized carbons (Fsp3) is 0.571. The molecule has 4 bridgehead atoms. The summed E-state index contributed by atoms with van der Waals surface area (Å²) in [6.07, 6.45) is 9.77. The predicted molar refractivity (Wildman–Crippen MR) is 138 cm³/mol. The Kier molecular flexibility index (Phi) is 21.8. The third-order valence-corrected chi connectivity index (χ3v) is 6.08. The first kappa shape index (κ1) is 37.2. The quantitative estimate of drug-likeness (QED) is 0.0950. The zero-order valence-electron chi connectivity index (χ0n) is 20.4. The second kappa shape index (κ2) is 21.1. The molecule has 15 heteroatoms. The van der Waals surface area contributed by atoms with Gasteiger partial charge in [0.15, 0.2) is 0 Å². The number of hydrogen-bond acceptors (Lipinski definition) is 10. The molecule has 10 nitrogen and oxygen atoms in total. The number of nitrogens with zero attached hydrogens (tertiary/aromatic N) is 5. The molecule has 195 valence electrons. The molecule has 0 saturated carbocycles. The number of likely N-dealkylation sites (tertiary alicyclic amines) is 1. The number of nitrogens with one attached hydrogen (secondary N) is 1. The average molecular weight is 884 g/mol. The van der Waals surface area contributed by atoms with E-state index in [1.54, 1.807) is 12.4 Å². The van der Waals surface area contributed by atoms with Crippen LogP contribution in [0, 0.1) is 0 Å². The van der Waals surface area contributed by atoms with E-state index < -0.39 is 0 Å². The first-order chi connectivity index (χ1) is 16.6. The molecule has 2 aromatic heterocycles. The Morgan fingerprint density at radius 1 is 0.944 bits per heavy atom. The second-order valence-electron chi connectivity index (χ2n) is 8.04. The summed E-state index contributed by atoms with van der Waals surface area (Å²) >= 11 is 5.30. The summed E-state index contributed by atoms with van der Waals surface area (Å²) in [5, 5.41) is 18.8. The topological polar surface area (TPSA) is 136 Å². The smallest absolute Gasteiger partial charge is 0.662 e. The van der Waals surface area contributed by atoms with Gasteiger partial charge in [-0.15, -0.1) is 0 Å². The van der Waals surface area contributed by atoms with Gasteiger partial charge in [-0.2, -0.15) is 0 Å². The van der Waals surface area contributed by atoms with Gasteiger partial charge in [-0.1, -0.05) is 0 Å². The minimum atomic E-state index is -0.181. The Hall–Kier alpha value is 1.24. The Balaban J connectivity index is 0.000000497. The summed E-state index contributed by atoms with van der Waals surface area (Å²) in [6.45, 7) is 4.30. The Morgan fingerprint density at radius 2 is 1.25 bits per heavy atom. The standard InChI is InChI=1S/C10H13N3.C9H11N3.CH2O3.CH4O.I3.Na.V/c1-13-5-7-4-8(6-13)10-9(7)11-2-3-12-10;1-2-12-9-7-3-6(4-10-5-7)8(9)11-1;2-1-4-3;1-2;1-3-2;;/h2-3,7-8H,4-6H2,1H3;1-2,6-7,10H,3-5H2;1,3H;2H,1H3;;;/q;;;;-1;+1;/p-1/t7-,8?;6-,7?;;;;;/m10...../s1. The van der Waals surface area contributed by atoms with E-state index >= 15 is 0 Å². The third-order valence-electron chi connectivity index (χ3n) is 6.08. The molecule has 2 aromatic rings. The second-order valence-corrected chi connectivity index (χ2v) is 24.3. The summed E-state index contributed by atoms with van der Waals surface area (Å²) in [5.74, 6) is 2.56. The number of hydrogen-bond donors (Lipinski definition) is 2. The third kappa shape index (κ3) is 10.7. The number of rotatable bonds is 1.